The molecule has 8 nitrogen and oxygen atoms in total. The average molecular weight is 363 g/mol. The molecule has 1 aliphatic heterocycles. The molecule has 1 aromatic carbocycles. The van der Waals surface area contributed by atoms with Crippen molar-refractivity contribution in [1.29, 1.82) is 5.26 Å². The molecule has 1 aliphatic rings. The Morgan fingerprint density at radius 3 is 2.70 bits per heavy atom. The third-order valence-electron chi connectivity index (χ3n) is 4.23. The molecule has 0 aliphatic carbocycles. The van der Waals surface area contributed by atoms with Crippen molar-refractivity contribution in [2.24, 2.45) is 0 Å². The SMILES string of the molecule is N#CC(=Cc1ccc(N2CCCC2)c([N+](=O)[O-])c1)C(=O)Nc1ccccn1. The number of anilines is 2. The van der Waals surface area contributed by atoms with Crippen LogP contribution in [0.25, 0.3) is 6.08 Å². The van der Waals surface area contributed by atoms with Crippen molar-refractivity contribution in [3.8, 4) is 6.07 Å². The van der Waals surface area contributed by atoms with E-state index in [1.807, 2.05) is 11.0 Å². The zero-order valence-electron chi connectivity index (χ0n) is 14.5. The number of rotatable bonds is 5. The van der Waals surface area contributed by atoms with Gasteiger partial charge in [0.2, 0.25) is 0 Å². The Balaban J connectivity index is 1.87. The zero-order chi connectivity index (χ0) is 19.2. The van der Waals surface area contributed by atoms with Gasteiger partial charge >= 0.3 is 0 Å². The molecule has 1 saturated heterocycles. The Bertz CT molecular complexity index is 928. The first-order chi connectivity index (χ1) is 13.1. The number of carbonyl (C=O) groups is 1. The summed E-state index contributed by atoms with van der Waals surface area (Å²) >= 11 is 0. The Hall–Kier alpha value is -3.73. The second-order valence-corrected chi connectivity index (χ2v) is 6.04. The van der Waals surface area contributed by atoms with E-state index in [1.54, 1.807) is 30.3 Å². The summed E-state index contributed by atoms with van der Waals surface area (Å²) in [6.45, 7) is 1.57. The predicted octanol–water partition coefficient (Wildman–Crippen LogP) is 3.14. The van der Waals surface area contributed by atoms with Gasteiger partial charge in [0.25, 0.3) is 11.6 Å². The molecular formula is C19H17N5O3. The van der Waals surface area contributed by atoms with Gasteiger partial charge in [0.15, 0.2) is 0 Å². The monoisotopic (exact) mass is 363 g/mol. The third kappa shape index (κ3) is 4.27. The number of nitrogens with zero attached hydrogens (tertiary/aromatic N) is 4. The fourth-order valence-electron chi connectivity index (χ4n) is 2.94. The van der Waals surface area contributed by atoms with Crippen LogP contribution >= 0.6 is 0 Å². The first kappa shape index (κ1) is 18.1. The van der Waals surface area contributed by atoms with Crippen LogP contribution in [-0.4, -0.2) is 28.9 Å². The predicted molar refractivity (Wildman–Crippen MR) is 101 cm³/mol. The first-order valence-corrected chi connectivity index (χ1v) is 8.46. The van der Waals surface area contributed by atoms with Crippen molar-refractivity contribution in [3.05, 3.63) is 63.8 Å². The fourth-order valence-corrected chi connectivity index (χ4v) is 2.94. The minimum atomic E-state index is -0.623. The summed E-state index contributed by atoms with van der Waals surface area (Å²) < 4.78 is 0. The summed E-state index contributed by atoms with van der Waals surface area (Å²) in [6, 6.07) is 11.6. The number of pyridine rings is 1. The summed E-state index contributed by atoms with van der Waals surface area (Å²) in [5.41, 5.74) is 0.778. The van der Waals surface area contributed by atoms with Crippen molar-refractivity contribution in [2.45, 2.75) is 12.8 Å². The maximum absolute atomic E-state index is 12.3. The lowest BCUT2D eigenvalue weighted by molar-refractivity contribution is -0.384. The highest BCUT2D eigenvalue weighted by Crippen LogP contribution is 2.32. The summed E-state index contributed by atoms with van der Waals surface area (Å²) in [5.74, 6) is -0.304. The van der Waals surface area contributed by atoms with Crippen LogP contribution in [0.15, 0.2) is 48.2 Å². The molecule has 0 saturated carbocycles. The molecule has 0 bridgehead atoms. The number of nitro groups is 1. The van der Waals surface area contributed by atoms with E-state index < -0.39 is 10.8 Å². The topological polar surface area (TPSA) is 112 Å². The molecule has 8 heteroatoms. The van der Waals surface area contributed by atoms with Crippen LogP contribution in [0.4, 0.5) is 17.2 Å². The number of carbonyl (C=O) groups excluding carboxylic acids is 1. The van der Waals surface area contributed by atoms with Crippen LogP contribution in [0.2, 0.25) is 0 Å². The van der Waals surface area contributed by atoms with Crippen LogP contribution in [0.1, 0.15) is 18.4 Å². The van der Waals surface area contributed by atoms with Crippen molar-refractivity contribution < 1.29 is 9.72 Å². The van der Waals surface area contributed by atoms with Gasteiger partial charge in [-0.25, -0.2) is 4.98 Å². The minimum Gasteiger partial charge on any atom is -0.366 e. The van der Waals surface area contributed by atoms with Gasteiger partial charge in [-0.05, 0) is 42.7 Å². The van der Waals surface area contributed by atoms with Gasteiger partial charge in [-0.1, -0.05) is 12.1 Å². The lowest BCUT2D eigenvalue weighted by Crippen LogP contribution is -2.19. The number of nitriles is 1. The lowest BCUT2D eigenvalue weighted by Gasteiger charge is -2.17. The molecule has 1 aromatic heterocycles. The quantitative estimate of drug-likeness (QED) is 0.378. The summed E-state index contributed by atoms with van der Waals surface area (Å²) in [7, 11) is 0. The zero-order valence-corrected chi connectivity index (χ0v) is 14.5. The Morgan fingerprint density at radius 2 is 2.07 bits per heavy atom. The molecule has 27 heavy (non-hydrogen) atoms. The van der Waals surface area contributed by atoms with Gasteiger partial charge in [0, 0.05) is 25.4 Å². The number of nitro benzene ring substituents is 1. The van der Waals surface area contributed by atoms with Crippen LogP contribution in [0.5, 0.6) is 0 Å². The van der Waals surface area contributed by atoms with Gasteiger partial charge in [0.05, 0.1) is 4.92 Å². The molecule has 1 fully saturated rings. The van der Waals surface area contributed by atoms with Crippen LogP contribution in [-0.2, 0) is 4.79 Å². The summed E-state index contributed by atoms with van der Waals surface area (Å²) in [5, 5.41) is 23.3. The number of hydrogen-bond donors (Lipinski definition) is 1. The molecular weight excluding hydrogens is 346 g/mol. The number of benzene rings is 1. The van der Waals surface area contributed by atoms with E-state index in [0.29, 0.717) is 17.1 Å². The highest BCUT2D eigenvalue weighted by atomic mass is 16.6. The van der Waals surface area contributed by atoms with E-state index in [4.69, 9.17) is 0 Å². The standard InChI is InChI=1S/C19H17N5O3/c20-13-15(19(25)22-18-5-1-2-8-21-18)11-14-6-7-16(17(12-14)24(26)27)23-9-3-4-10-23/h1-2,5-8,11-12H,3-4,9-10H2,(H,21,22,25). The maximum atomic E-state index is 12.3. The highest BCUT2D eigenvalue weighted by molar-refractivity contribution is 6.09. The second-order valence-electron chi connectivity index (χ2n) is 6.04. The molecule has 0 spiro atoms. The summed E-state index contributed by atoms with van der Waals surface area (Å²) in [4.78, 5) is 29.2. The number of hydrogen-bond acceptors (Lipinski definition) is 6. The smallest absolute Gasteiger partial charge is 0.293 e. The van der Waals surface area contributed by atoms with Crippen LogP contribution in [0.3, 0.4) is 0 Å². The van der Waals surface area contributed by atoms with Crippen molar-refractivity contribution >= 4 is 29.2 Å². The second kappa shape index (κ2) is 8.10. The Labute approximate surface area is 155 Å². The molecule has 1 amide bonds. The van der Waals surface area contributed by atoms with Crippen molar-refractivity contribution in [1.82, 2.24) is 4.98 Å². The van der Waals surface area contributed by atoms with Gasteiger partial charge in [0.1, 0.15) is 23.1 Å². The molecule has 136 valence electrons. The van der Waals surface area contributed by atoms with Gasteiger partial charge in [-0.2, -0.15) is 5.26 Å². The van der Waals surface area contributed by atoms with Gasteiger partial charge in [-0.15, -0.1) is 0 Å². The van der Waals surface area contributed by atoms with Crippen LogP contribution < -0.4 is 10.2 Å². The first-order valence-electron chi connectivity index (χ1n) is 8.46. The van der Waals surface area contributed by atoms with Crippen molar-refractivity contribution in [2.75, 3.05) is 23.3 Å². The van der Waals surface area contributed by atoms with E-state index in [-0.39, 0.29) is 11.3 Å². The number of amides is 1. The average Bonchev–Trinajstić information content (AvgIpc) is 3.21. The van der Waals surface area contributed by atoms with Crippen molar-refractivity contribution in [3.63, 3.8) is 0 Å². The minimum absolute atomic E-state index is 0.0342. The molecule has 0 radical (unpaired) electrons. The van der Waals surface area contributed by atoms with Crippen LogP contribution in [0, 0.1) is 21.4 Å². The number of nitrogens with one attached hydrogen (secondary N) is 1. The van der Waals surface area contributed by atoms with E-state index in [1.165, 1.54) is 18.3 Å². The van der Waals surface area contributed by atoms with Gasteiger partial charge < -0.3 is 10.2 Å². The molecule has 1 N–H and O–H groups in total. The molecule has 0 unspecified atom stereocenters. The number of aromatic nitrogens is 1. The molecule has 2 heterocycles. The normalized spacial score (nSPS) is 13.9. The van der Waals surface area contributed by atoms with E-state index in [9.17, 15) is 20.2 Å². The molecule has 3 rings (SSSR count). The third-order valence-corrected chi connectivity index (χ3v) is 4.23. The van der Waals surface area contributed by atoms with Gasteiger partial charge in [-0.3, -0.25) is 14.9 Å². The molecule has 0 atom stereocenters. The molecule has 2 aromatic rings. The Morgan fingerprint density at radius 1 is 1.30 bits per heavy atom. The Kier molecular flexibility index (Phi) is 5.42. The lowest BCUT2D eigenvalue weighted by atomic mass is 10.1. The fraction of sp³-hybridized carbons (Fsp3) is 0.211. The maximum Gasteiger partial charge on any atom is 0.293 e. The highest BCUT2D eigenvalue weighted by Gasteiger charge is 2.22. The van der Waals surface area contributed by atoms with E-state index in [0.717, 1.165) is 25.9 Å². The largest absolute Gasteiger partial charge is 0.366 e. The van der Waals surface area contributed by atoms with E-state index >= 15 is 0 Å². The van der Waals surface area contributed by atoms with E-state index in [2.05, 4.69) is 10.3 Å². The summed E-state index contributed by atoms with van der Waals surface area (Å²) in [6.07, 6.45) is 4.86.